The number of morpholine rings is 1. The number of hydrogen-bond donors (Lipinski definition) is 2. The number of carbonyl (C=O) groups is 1. The van der Waals surface area contributed by atoms with Gasteiger partial charge in [0.05, 0.1) is 30.1 Å². The van der Waals surface area contributed by atoms with Gasteiger partial charge in [0.2, 0.25) is 0 Å². The molecule has 0 radical (unpaired) electrons. The van der Waals surface area contributed by atoms with Crippen molar-refractivity contribution in [3.63, 3.8) is 0 Å². The Morgan fingerprint density at radius 1 is 1.38 bits per heavy atom. The van der Waals surface area contributed by atoms with Gasteiger partial charge in [0.15, 0.2) is 0 Å². The van der Waals surface area contributed by atoms with Crippen molar-refractivity contribution < 1.29 is 19.0 Å². The molecule has 1 aliphatic heterocycles. The SMILES string of the molecule is Nc1c(F)ccc(N2CCOC3CCCCC32)c1C(=O)O. The van der Waals surface area contributed by atoms with Crippen LogP contribution in [0.15, 0.2) is 12.1 Å². The zero-order valence-electron chi connectivity index (χ0n) is 11.7. The number of ether oxygens (including phenoxy) is 1. The standard InChI is InChI=1S/C15H19FN2O3/c16-9-5-6-11(13(14(9)17)15(19)20)18-7-8-21-12-4-2-1-3-10(12)18/h5-6,10,12H,1-4,7-8,17H2,(H,19,20). The maximum atomic E-state index is 13.6. The molecule has 0 spiro atoms. The van der Waals surface area contributed by atoms with Crippen LogP contribution in [0.25, 0.3) is 0 Å². The van der Waals surface area contributed by atoms with Gasteiger partial charge in [0, 0.05) is 6.54 Å². The van der Waals surface area contributed by atoms with E-state index in [1.807, 2.05) is 4.90 Å². The molecular weight excluding hydrogens is 275 g/mol. The molecule has 1 aromatic carbocycles. The van der Waals surface area contributed by atoms with Gasteiger partial charge >= 0.3 is 5.97 Å². The Balaban J connectivity index is 2.02. The third-order valence-corrected chi connectivity index (χ3v) is 4.43. The summed E-state index contributed by atoms with van der Waals surface area (Å²) in [5.74, 6) is -1.88. The van der Waals surface area contributed by atoms with Gasteiger partial charge in [-0.3, -0.25) is 0 Å². The van der Waals surface area contributed by atoms with Crippen LogP contribution in [0.3, 0.4) is 0 Å². The van der Waals surface area contributed by atoms with Crippen LogP contribution < -0.4 is 10.6 Å². The summed E-state index contributed by atoms with van der Waals surface area (Å²) in [7, 11) is 0. The molecule has 2 atom stereocenters. The highest BCUT2D eigenvalue weighted by molar-refractivity contribution is 6.00. The molecule has 0 bridgehead atoms. The molecule has 1 aliphatic carbocycles. The Morgan fingerprint density at radius 3 is 2.90 bits per heavy atom. The van der Waals surface area contributed by atoms with Crippen molar-refractivity contribution in [2.24, 2.45) is 0 Å². The van der Waals surface area contributed by atoms with Crippen molar-refractivity contribution in [1.82, 2.24) is 0 Å². The second-order valence-corrected chi connectivity index (χ2v) is 5.61. The van der Waals surface area contributed by atoms with E-state index in [0.29, 0.717) is 18.8 Å². The van der Waals surface area contributed by atoms with Crippen LogP contribution in [0.1, 0.15) is 36.0 Å². The predicted molar refractivity (Wildman–Crippen MR) is 77.1 cm³/mol. The summed E-state index contributed by atoms with van der Waals surface area (Å²) in [5.41, 5.74) is 5.72. The fourth-order valence-electron chi connectivity index (χ4n) is 3.44. The molecule has 3 rings (SSSR count). The minimum absolute atomic E-state index is 0.125. The lowest BCUT2D eigenvalue weighted by Crippen LogP contribution is -2.53. The Hall–Kier alpha value is -1.82. The lowest BCUT2D eigenvalue weighted by molar-refractivity contribution is -0.00877. The topological polar surface area (TPSA) is 75.8 Å². The Kier molecular flexibility index (Phi) is 3.71. The maximum absolute atomic E-state index is 13.6. The molecule has 0 amide bonds. The molecule has 3 N–H and O–H groups in total. The van der Waals surface area contributed by atoms with Gasteiger partial charge in [0.25, 0.3) is 0 Å². The van der Waals surface area contributed by atoms with E-state index >= 15 is 0 Å². The molecule has 1 saturated heterocycles. The zero-order valence-corrected chi connectivity index (χ0v) is 11.7. The van der Waals surface area contributed by atoms with Gasteiger partial charge in [-0.05, 0) is 25.0 Å². The van der Waals surface area contributed by atoms with Crippen molar-refractivity contribution in [2.75, 3.05) is 23.8 Å². The number of carboxylic acid groups (broad SMARTS) is 1. The first kappa shape index (κ1) is 14.1. The molecule has 21 heavy (non-hydrogen) atoms. The fraction of sp³-hybridized carbons (Fsp3) is 0.533. The molecule has 2 aliphatic rings. The van der Waals surface area contributed by atoms with Crippen LogP contribution in [0, 0.1) is 5.82 Å². The van der Waals surface area contributed by atoms with Crippen molar-refractivity contribution in [1.29, 1.82) is 0 Å². The van der Waals surface area contributed by atoms with E-state index in [2.05, 4.69) is 0 Å². The summed E-state index contributed by atoms with van der Waals surface area (Å²) in [6, 6.07) is 2.91. The van der Waals surface area contributed by atoms with Crippen LogP contribution in [-0.2, 0) is 4.74 Å². The number of carboxylic acids is 1. The number of nitrogens with two attached hydrogens (primary N) is 1. The summed E-state index contributed by atoms with van der Waals surface area (Å²) in [6.45, 7) is 1.16. The average Bonchev–Trinajstić information content (AvgIpc) is 2.49. The molecule has 0 aromatic heterocycles. The molecular formula is C15H19FN2O3. The summed E-state index contributed by atoms with van der Waals surface area (Å²) in [5, 5.41) is 9.39. The van der Waals surface area contributed by atoms with Gasteiger partial charge in [-0.1, -0.05) is 12.8 Å². The first-order chi connectivity index (χ1) is 10.1. The lowest BCUT2D eigenvalue weighted by atomic mass is 9.89. The van der Waals surface area contributed by atoms with Gasteiger partial charge in [-0.25, -0.2) is 9.18 Å². The first-order valence-electron chi connectivity index (χ1n) is 7.29. The van der Waals surface area contributed by atoms with Gasteiger partial charge in [0.1, 0.15) is 11.4 Å². The zero-order chi connectivity index (χ0) is 15.0. The van der Waals surface area contributed by atoms with Crippen molar-refractivity contribution in [3.05, 3.63) is 23.5 Å². The van der Waals surface area contributed by atoms with E-state index in [4.69, 9.17) is 10.5 Å². The van der Waals surface area contributed by atoms with E-state index in [1.165, 1.54) is 12.1 Å². The number of nitrogens with zero attached hydrogens (tertiary/aromatic N) is 1. The van der Waals surface area contributed by atoms with Gasteiger partial charge < -0.3 is 20.5 Å². The molecule has 2 fully saturated rings. The van der Waals surface area contributed by atoms with E-state index in [1.54, 1.807) is 0 Å². The molecule has 6 heteroatoms. The highest BCUT2D eigenvalue weighted by Crippen LogP contribution is 2.36. The number of nitrogen functional groups attached to an aromatic ring is 1. The highest BCUT2D eigenvalue weighted by atomic mass is 19.1. The molecule has 1 saturated carbocycles. The molecule has 2 unspecified atom stereocenters. The van der Waals surface area contributed by atoms with E-state index < -0.39 is 11.8 Å². The van der Waals surface area contributed by atoms with Crippen LogP contribution in [0.2, 0.25) is 0 Å². The number of anilines is 2. The number of aromatic carboxylic acids is 1. The van der Waals surface area contributed by atoms with Crippen molar-refractivity contribution >= 4 is 17.3 Å². The Morgan fingerprint density at radius 2 is 2.14 bits per heavy atom. The summed E-state index contributed by atoms with van der Waals surface area (Å²) < 4.78 is 19.4. The molecule has 1 aromatic rings. The quantitative estimate of drug-likeness (QED) is 0.818. The number of benzene rings is 1. The number of halogens is 1. The second-order valence-electron chi connectivity index (χ2n) is 5.61. The monoisotopic (exact) mass is 294 g/mol. The predicted octanol–water partition coefficient (Wildman–Crippen LogP) is 2.25. The lowest BCUT2D eigenvalue weighted by Gasteiger charge is -2.45. The first-order valence-corrected chi connectivity index (χ1v) is 7.29. The van der Waals surface area contributed by atoms with Crippen LogP contribution in [0.5, 0.6) is 0 Å². The minimum atomic E-state index is -1.19. The third kappa shape index (κ3) is 2.44. The minimum Gasteiger partial charge on any atom is -0.478 e. The molecule has 1 heterocycles. The Labute approximate surface area is 122 Å². The number of rotatable bonds is 2. The molecule has 5 nitrogen and oxygen atoms in total. The summed E-state index contributed by atoms with van der Waals surface area (Å²) in [4.78, 5) is 13.5. The van der Waals surface area contributed by atoms with Gasteiger partial charge in [-0.15, -0.1) is 0 Å². The van der Waals surface area contributed by atoms with Crippen LogP contribution in [-0.4, -0.2) is 36.4 Å². The van der Waals surface area contributed by atoms with Crippen molar-refractivity contribution in [2.45, 2.75) is 37.8 Å². The van der Waals surface area contributed by atoms with Gasteiger partial charge in [-0.2, -0.15) is 0 Å². The normalized spacial score (nSPS) is 25.5. The number of fused-ring (bicyclic) bond motifs is 1. The largest absolute Gasteiger partial charge is 0.478 e. The maximum Gasteiger partial charge on any atom is 0.340 e. The van der Waals surface area contributed by atoms with E-state index in [9.17, 15) is 14.3 Å². The second kappa shape index (κ2) is 5.52. The fourth-order valence-corrected chi connectivity index (χ4v) is 3.44. The van der Waals surface area contributed by atoms with E-state index in [0.717, 1.165) is 25.7 Å². The smallest absolute Gasteiger partial charge is 0.340 e. The summed E-state index contributed by atoms with van der Waals surface area (Å²) >= 11 is 0. The number of hydrogen-bond acceptors (Lipinski definition) is 4. The summed E-state index contributed by atoms with van der Waals surface area (Å²) in [6.07, 6.45) is 4.30. The van der Waals surface area contributed by atoms with E-state index in [-0.39, 0.29) is 23.4 Å². The van der Waals surface area contributed by atoms with Crippen LogP contribution >= 0.6 is 0 Å². The average molecular weight is 294 g/mol. The molecule has 114 valence electrons. The highest BCUT2D eigenvalue weighted by Gasteiger charge is 2.36. The third-order valence-electron chi connectivity index (χ3n) is 4.43. The van der Waals surface area contributed by atoms with Crippen molar-refractivity contribution in [3.8, 4) is 0 Å². The van der Waals surface area contributed by atoms with Crippen LogP contribution in [0.4, 0.5) is 15.8 Å². The Bertz CT molecular complexity index is 562.